The minimum atomic E-state index is -4.60. The molecule has 0 aliphatic carbocycles. The summed E-state index contributed by atoms with van der Waals surface area (Å²) in [7, 11) is 0. The fraction of sp³-hybridized carbons (Fsp3) is 0.375. The van der Waals surface area contributed by atoms with E-state index < -0.39 is 23.0 Å². The number of ether oxygens (including phenoxy) is 3. The molecule has 0 radical (unpaired) electrons. The van der Waals surface area contributed by atoms with Crippen LogP contribution in [0.4, 0.5) is 17.6 Å². The minimum absolute atomic E-state index is 0.0425. The summed E-state index contributed by atoms with van der Waals surface area (Å²) in [6.45, 7) is 12.4. The lowest BCUT2D eigenvalue weighted by Gasteiger charge is -2.26. The number of amides is 1. The third kappa shape index (κ3) is 9.23. The van der Waals surface area contributed by atoms with E-state index in [1.807, 2.05) is 26.0 Å². The molecule has 0 spiro atoms. The van der Waals surface area contributed by atoms with Crippen molar-refractivity contribution < 1.29 is 36.6 Å². The van der Waals surface area contributed by atoms with Crippen LogP contribution in [0, 0.1) is 28.5 Å². The molecule has 0 aromatic heterocycles. The molecule has 4 rings (SSSR count). The van der Waals surface area contributed by atoms with Gasteiger partial charge in [0.25, 0.3) is 5.91 Å². The minimum Gasteiger partial charge on any atom is -0.456 e. The van der Waals surface area contributed by atoms with Crippen LogP contribution in [0.1, 0.15) is 80.1 Å². The number of carbonyl (C=O) groups is 1. The largest absolute Gasteiger partial charge is 0.456 e. The molecule has 7 nitrogen and oxygen atoms in total. The first-order valence-corrected chi connectivity index (χ1v) is 16.8. The number of hydrogen-bond acceptors (Lipinski definition) is 6. The van der Waals surface area contributed by atoms with Crippen LogP contribution in [-0.4, -0.2) is 50.3 Å². The van der Waals surface area contributed by atoms with Crippen molar-refractivity contribution in [3.8, 4) is 34.8 Å². The van der Waals surface area contributed by atoms with Gasteiger partial charge in [0.05, 0.1) is 16.7 Å². The lowest BCUT2D eigenvalue weighted by Crippen LogP contribution is -2.34. The van der Waals surface area contributed by atoms with Gasteiger partial charge in [-0.3, -0.25) is 4.79 Å². The van der Waals surface area contributed by atoms with E-state index in [9.17, 15) is 28.5 Å². The zero-order chi connectivity index (χ0) is 37.3. The van der Waals surface area contributed by atoms with E-state index in [0.717, 1.165) is 12.1 Å². The first-order chi connectivity index (χ1) is 24.2. The van der Waals surface area contributed by atoms with Crippen LogP contribution in [0.2, 0.25) is 0 Å². The molecular formula is C40H41F4N3O4. The molecule has 0 fully saturated rings. The average Bonchev–Trinajstić information content (AvgIpc) is 3.09. The molecule has 0 N–H and O–H groups in total. The molecule has 0 saturated heterocycles. The predicted octanol–water partition coefficient (Wildman–Crippen LogP) is 9.79. The van der Waals surface area contributed by atoms with Crippen LogP contribution >= 0.6 is 0 Å². The number of alkyl halides is 3. The van der Waals surface area contributed by atoms with Gasteiger partial charge in [-0.1, -0.05) is 32.9 Å². The summed E-state index contributed by atoms with van der Waals surface area (Å²) in [5, 5.41) is 20.6. The fourth-order valence-corrected chi connectivity index (χ4v) is 5.91. The lowest BCUT2D eigenvalue weighted by molar-refractivity contribution is -0.137. The number of hydrogen-bond donors (Lipinski definition) is 0. The van der Waals surface area contributed by atoms with Crippen LogP contribution in [0.3, 0.4) is 0 Å². The van der Waals surface area contributed by atoms with Crippen molar-refractivity contribution in [3.05, 3.63) is 94.3 Å². The van der Waals surface area contributed by atoms with E-state index >= 15 is 4.39 Å². The Morgan fingerprint density at radius 1 is 0.843 bits per heavy atom. The highest BCUT2D eigenvalue weighted by Crippen LogP contribution is 2.47. The van der Waals surface area contributed by atoms with Gasteiger partial charge in [-0.25, -0.2) is 4.39 Å². The molecular weight excluding hydrogens is 662 g/mol. The maximum atomic E-state index is 16.1. The van der Waals surface area contributed by atoms with Crippen molar-refractivity contribution >= 4 is 16.7 Å². The Labute approximate surface area is 296 Å². The van der Waals surface area contributed by atoms with Crippen LogP contribution in [0.5, 0.6) is 11.5 Å². The van der Waals surface area contributed by atoms with E-state index in [1.54, 1.807) is 49.9 Å². The summed E-state index contributed by atoms with van der Waals surface area (Å²) in [6, 6.07) is 17.2. The molecule has 0 atom stereocenters. The Morgan fingerprint density at radius 2 is 1.43 bits per heavy atom. The number of halogens is 4. The molecule has 11 heteroatoms. The van der Waals surface area contributed by atoms with Gasteiger partial charge >= 0.3 is 6.18 Å². The molecule has 0 saturated carbocycles. The van der Waals surface area contributed by atoms with Gasteiger partial charge in [0.2, 0.25) is 0 Å². The molecule has 0 aliphatic rings. The van der Waals surface area contributed by atoms with E-state index in [2.05, 4.69) is 0 Å². The average molecular weight is 704 g/mol. The molecule has 268 valence electrons. The summed E-state index contributed by atoms with van der Waals surface area (Å²) >= 11 is 0. The monoisotopic (exact) mass is 703 g/mol. The number of carbonyl (C=O) groups excluding carboxylic acids is 1. The highest BCUT2D eigenvalue weighted by atomic mass is 19.4. The summed E-state index contributed by atoms with van der Waals surface area (Å²) in [5.41, 5.74) is -0.960. The van der Waals surface area contributed by atoms with Gasteiger partial charge in [0.1, 0.15) is 29.5 Å². The Balaban J connectivity index is 1.84. The molecule has 4 aromatic rings. The highest BCUT2D eigenvalue weighted by molar-refractivity contribution is 6.06. The Morgan fingerprint density at radius 3 is 1.92 bits per heavy atom. The number of nitriles is 2. The normalized spacial score (nSPS) is 11.7. The van der Waals surface area contributed by atoms with Crippen molar-refractivity contribution in [2.75, 3.05) is 39.5 Å². The maximum Gasteiger partial charge on any atom is 0.416 e. The lowest BCUT2D eigenvalue weighted by atomic mass is 9.81. The highest BCUT2D eigenvalue weighted by Gasteiger charge is 2.32. The van der Waals surface area contributed by atoms with Gasteiger partial charge < -0.3 is 19.1 Å². The molecule has 4 aromatic carbocycles. The zero-order valence-electron chi connectivity index (χ0n) is 29.4. The first kappa shape index (κ1) is 38.8. The molecule has 0 unspecified atom stereocenters. The molecule has 1 amide bonds. The zero-order valence-corrected chi connectivity index (χ0v) is 29.4. The summed E-state index contributed by atoms with van der Waals surface area (Å²) in [6.07, 6.45) is -3.27. The van der Waals surface area contributed by atoms with Crippen molar-refractivity contribution in [2.24, 2.45) is 0 Å². The van der Waals surface area contributed by atoms with Gasteiger partial charge in [-0.05, 0) is 91.6 Å². The smallest absolute Gasteiger partial charge is 0.416 e. The number of nitrogens with zero attached hydrogens (tertiary/aromatic N) is 3. The standard InChI is InChI=1S/C40H41F4N3O4/c1-6-49-20-8-18-47(19-9-21-50-7-2)38(48)27-12-16-31(17-13-27)51-37-35-28(23-33(41)36(37)39(3,4)5)22-29(24-45)32(25-46)34(35)26-10-14-30(15-11-26)40(42,43)44/h10-17,22-23H,6-9,18-21H2,1-5H3. The van der Waals surface area contributed by atoms with E-state index in [-0.39, 0.29) is 56.0 Å². The topological polar surface area (TPSA) is 95.6 Å². The van der Waals surface area contributed by atoms with Crippen molar-refractivity contribution in [1.82, 2.24) is 4.90 Å². The summed E-state index contributed by atoms with van der Waals surface area (Å²) in [4.78, 5) is 15.3. The van der Waals surface area contributed by atoms with Crippen LogP contribution in [-0.2, 0) is 21.1 Å². The van der Waals surface area contributed by atoms with Gasteiger partial charge in [-0.2, -0.15) is 23.7 Å². The summed E-state index contributed by atoms with van der Waals surface area (Å²) in [5.74, 6) is -0.516. The van der Waals surface area contributed by atoms with Gasteiger partial charge in [0.15, 0.2) is 0 Å². The third-order valence-corrected chi connectivity index (χ3v) is 8.27. The number of rotatable bonds is 14. The Bertz CT molecular complexity index is 1910. The van der Waals surface area contributed by atoms with Gasteiger partial charge in [0, 0.05) is 61.6 Å². The van der Waals surface area contributed by atoms with Crippen LogP contribution < -0.4 is 4.74 Å². The number of benzene rings is 4. The first-order valence-electron chi connectivity index (χ1n) is 16.8. The predicted molar refractivity (Wildman–Crippen MR) is 187 cm³/mol. The second kappa shape index (κ2) is 16.8. The molecule has 51 heavy (non-hydrogen) atoms. The molecule has 0 bridgehead atoms. The number of fused-ring (bicyclic) bond motifs is 1. The second-order valence-corrected chi connectivity index (χ2v) is 12.9. The van der Waals surface area contributed by atoms with Crippen molar-refractivity contribution in [3.63, 3.8) is 0 Å². The van der Waals surface area contributed by atoms with E-state index in [1.165, 1.54) is 24.3 Å². The van der Waals surface area contributed by atoms with Crippen LogP contribution in [0.25, 0.3) is 21.9 Å². The summed E-state index contributed by atoms with van der Waals surface area (Å²) < 4.78 is 73.8. The van der Waals surface area contributed by atoms with E-state index in [4.69, 9.17) is 14.2 Å². The second-order valence-electron chi connectivity index (χ2n) is 12.9. The Kier molecular flexibility index (Phi) is 12.8. The molecule has 0 aliphatic heterocycles. The quantitative estimate of drug-likeness (QED) is 0.0959. The van der Waals surface area contributed by atoms with Crippen LogP contribution in [0.15, 0.2) is 60.7 Å². The van der Waals surface area contributed by atoms with Gasteiger partial charge in [-0.15, -0.1) is 0 Å². The van der Waals surface area contributed by atoms with Crippen molar-refractivity contribution in [2.45, 2.75) is 59.1 Å². The van der Waals surface area contributed by atoms with Crippen molar-refractivity contribution in [1.29, 1.82) is 10.5 Å². The molecule has 0 heterocycles. The maximum absolute atomic E-state index is 16.1. The fourth-order valence-electron chi connectivity index (χ4n) is 5.91. The Hall–Kier alpha value is -4.97. The SMILES string of the molecule is CCOCCCN(CCCOCC)C(=O)c1ccc(Oc2c(C(C)(C)C)c(F)cc3cc(C#N)c(C#N)c(-c4ccc(C(F)(F)F)cc4)c23)cc1. The third-order valence-electron chi connectivity index (χ3n) is 8.27. The van der Waals surface area contributed by atoms with E-state index in [0.29, 0.717) is 57.9 Å².